The van der Waals surface area contributed by atoms with Crippen LogP contribution in [0.15, 0.2) is 38.9 Å². The van der Waals surface area contributed by atoms with Crippen molar-refractivity contribution in [2.45, 2.75) is 0 Å². The van der Waals surface area contributed by atoms with Crippen molar-refractivity contribution in [3.8, 4) is 17.3 Å². The van der Waals surface area contributed by atoms with Gasteiger partial charge in [-0.1, -0.05) is 0 Å². The molecule has 0 amide bonds. The number of H-pyrrole nitrogens is 1. The molecule has 0 fully saturated rings. The van der Waals surface area contributed by atoms with Crippen LogP contribution in [0.3, 0.4) is 0 Å². The smallest absolute Gasteiger partial charge is 0.332 e. The Kier molecular flexibility index (Phi) is 3.19. The highest BCUT2D eigenvalue weighted by molar-refractivity contribution is 5.81. The summed E-state index contributed by atoms with van der Waals surface area (Å²) in [7, 11) is 2.73. The van der Waals surface area contributed by atoms with Gasteiger partial charge in [0.15, 0.2) is 0 Å². The van der Waals surface area contributed by atoms with Gasteiger partial charge in [0.2, 0.25) is 5.43 Å². The summed E-state index contributed by atoms with van der Waals surface area (Å²) in [6.45, 7) is 0. The summed E-state index contributed by atoms with van der Waals surface area (Å²) in [5.74, 6) is 0. The van der Waals surface area contributed by atoms with Crippen LogP contribution in [0.2, 0.25) is 0 Å². The molecule has 1 N–H and O–H groups in total. The van der Waals surface area contributed by atoms with Gasteiger partial charge in [-0.05, 0) is 12.1 Å². The predicted molar refractivity (Wildman–Crippen MR) is 83.0 cm³/mol. The number of rotatable bonds is 1. The van der Waals surface area contributed by atoms with Crippen LogP contribution in [-0.2, 0) is 14.1 Å². The van der Waals surface area contributed by atoms with E-state index < -0.39 is 16.7 Å². The molecular formula is C15H11N5O3. The molecule has 0 radical (unpaired) electrons. The van der Waals surface area contributed by atoms with Crippen LogP contribution in [0, 0.1) is 11.3 Å². The maximum absolute atomic E-state index is 12.6. The molecule has 0 saturated carbocycles. The number of fused-ring (bicyclic) bond motifs is 1. The van der Waals surface area contributed by atoms with Gasteiger partial charge in [0.25, 0.3) is 5.56 Å². The van der Waals surface area contributed by atoms with Crippen LogP contribution >= 0.6 is 0 Å². The zero-order chi connectivity index (χ0) is 16.7. The number of aromatic nitrogens is 4. The zero-order valence-electron chi connectivity index (χ0n) is 12.3. The van der Waals surface area contributed by atoms with Gasteiger partial charge in [0.1, 0.15) is 22.7 Å². The Morgan fingerprint density at radius 1 is 1.22 bits per heavy atom. The van der Waals surface area contributed by atoms with Crippen LogP contribution in [0.5, 0.6) is 0 Å². The number of pyridine rings is 2. The Morgan fingerprint density at radius 3 is 2.57 bits per heavy atom. The molecule has 3 aromatic rings. The first-order valence-electron chi connectivity index (χ1n) is 6.64. The minimum Gasteiger partial charge on any atom is -0.339 e. The molecule has 0 aliphatic rings. The van der Waals surface area contributed by atoms with Gasteiger partial charge in [0.05, 0.1) is 5.69 Å². The van der Waals surface area contributed by atoms with E-state index in [2.05, 4.69) is 9.97 Å². The lowest BCUT2D eigenvalue weighted by molar-refractivity contribution is 0.707. The number of hydrogen-bond acceptors (Lipinski definition) is 5. The Bertz CT molecular complexity index is 1150. The summed E-state index contributed by atoms with van der Waals surface area (Å²) in [5.41, 5.74) is -1.41. The largest absolute Gasteiger partial charge is 0.339 e. The monoisotopic (exact) mass is 309 g/mol. The lowest BCUT2D eigenvalue weighted by Crippen LogP contribution is -2.39. The highest BCUT2D eigenvalue weighted by Crippen LogP contribution is 2.19. The average Bonchev–Trinajstić information content (AvgIpc) is 2.58. The minimum atomic E-state index is -0.737. The fourth-order valence-corrected chi connectivity index (χ4v) is 2.45. The van der Waals surface area contributed by atoms with Crippen LogP contribution in [0.4, 0.5) is 0 Å². The molecule has 3 rings (SSSR count). The number of hydrogen-bond donors (Lipinski definition) is 1. The lowest BCUT2D eigenvalue weighted by atomic mass is 10.1. The van der Waals surface area contributed by atoms with E-state index in [0.29, 0.717) is 5.56 Å². The molecule has 0 aliphatic carbocycles. The minimum absolute atomic E-state index is 0.0703. The summed E-state index contributed by atoms with van der Waals surface area (Å²) >= 11 is 0. The second-order valence-electron chi connectivity index (χ2n) is 4.99. The summed E-state index contributed by atoms with van der Waals surface area (Å²) in [5, 5.41) is 9.11. The number of nitrogens with zero attached hydrogens (tertiary/aromatic N) is 4. The Hall–Kier alpha value is -3.47. The third-order valence-electron chi connectivity index (χ3n) is 3.67. The first kappa shape index (κ1) is 14.5. The highest BCUT2D eigenvalue weighted by atomic mass is 16.2. The van der Waals surface area contributed by atoms with Crippen molar-refractivity contribution >= 4 is 11.0 Å². The average molecular weight is 309 g/mol. The van der Waals surface area contributed by atoms with Crippen molar-refractivity contribution in [3.05, 3.63) is 61.2 Å². The topological polar surface area (TPSA) is 114 Å². The maximum Gasteiger partial charge on any atom is 0.332 e. The van der Waals surface area contributed by atoms with Crippen molar-refractivity contribution in [3.63, 3.8) is 0 Å². The van der Waals surface area contributed by atoms with E-state index in [1.807, 2.05) is 6.07 Å². The molecule has 0 aromatic carbocycles. The van der Waals surface area contributed by atoms with E-state index in [4.69, 9.17) is 0 Å². The standard InChI is InChI=1S/C15H11N5O3/c1-19-13-10(14(22)20(2)15(19)23)12(21)9(6-16)11(18-13)8-4-3-5-17-7-8/h3-5,7H,1-2H3,(H,18,21). The SMILES string of the molecule is Cn1c(=O)c2c(=O)c(C#N)c(-c3cccnc3)[nH]c2n(C)c1=O. The molecule has 114 valence electrons. The van der Waals surface area contributed by atoms with Crippen LogP contribution in [-0.4, -0.2) is 19.1 Å². The molecule has 8 heteroatoms. The normalized spacial score (nSPS) is 10.7. The van der Waals surface area contributed by atoms with Gasteiger partial charge in [0, 0.05) is 32.1 Å². The molecule has 0 bridgehead atoms. The van der Waals surface area contributed by atoms with Crippen molar-refractivity contribution in [2.75, 3.05) is 0 Å². The van der Waals surface area contributed by atoms with Gasteiger partial charge < -0.3 is 4.98 Å². The quantitative estimate of drug-likeness (QED) is 0.672. The summed E-state index contributed by atoms with van der Waals surface area (Å²) < 4.78 is 2.00. The second-order valence-corrected chi connectivity index (χ2v) is 4.99. The number of nitrogens with one attached hydrogen (secondary N) is 1. The van der Waals surface area contributed by atoms with E-state index in [9.17, 15) is 19.6 Å². The van der Waals surface area contributed by atoms with E-state index in [1.165, 1.54) is 24.9 Å². The molecular weight excluding hydrogens is 298 g/mol. The summed E-state index contributed by atoms with van der Waals surface area (Å²) in [6.07, 6.45) is 3.04. The molecule has 3 heterocycles. The molecule has 0 unspecified atom stereocenters. The first-order valence-corrected chi connectivity index (χ1v) is 6.64. The second kappa shape index (κ2) is 5.06. The molecule has 0 spiro atoms. The van der Waals surface area contributed by atoms with Crippen LogP contribution in [0.25, 0.3) is 22.3 Å². The van der Waals surface area contributed by atoms with Crippen LogP contribution in [0.1, 0.15) is 5.56 Å². The summed E-state index contributed by atoms with van der Waals surface area (Å²) in [6, 6.07) is 5.15. The van der Waals surface area contributed by atoms with E-state index in [-0.39, 0.29) is 22.3 Å². The Balaban J connectivity index is 2.62. The maximum atomic E-state index is 12.6. The summed E-state index contributed by atoms with van der Waals surface area (Å²) in [4.78, 5) is 43.7. The number of nitriles is 1. The van der Waals surface area contributed by atoms with E-state index >= 15 is 0 Å². The molecule has 0 aliphatic heterocycles. The first-order chi connectivity index (χ1) is 11.0. The van der Waals surface area contributed by atoms with E-state index in [1.54, 1.807) is 18.3 Å². The highest BCUT2D eigenvalue weighted by Gasteiger charge is 2.19. The fourth-order valence-electron chi connectivity index (χ4n) is 2.45. The predicted octanol–water partition coefficient (Wildman–Crippen LogP) is -0.141. The number of aryl methyl sites for hydroxylation is 1. The molecule has 23 heavy (non-hydrogen) atoms. The van der Waals surface area contributed by atoms with Gasteiger partial charge in [-0.2, -0.15) is 5.26 Å². The van der Waals surface area contributed by atoms with Gasteiger partial charge in [-0.3, -0.25) is 23.7 Å². The van der Waals surface area contributed by atoms with E-state index in [0.717, 1.165) is 4.57 Å². The lowest BCUT2D eigenvalue weighted by Gasteiger charge is -2.10. The molecule has 0 saturated heterocycles. The third kappa shape index (κ3) is 1.98. The zero-order valence-corrected chi connectivity index (χ0v) is 12.3. The van der Waals surface area contributed by atoms with Crippen molar-refractivity contribution in [1.29, 1.82) is 5.26 Å². The Morgan fingerprint density at radius 2 is 1.96 bits per heavy atom. The Labute approximate surface area is 128 Å². The van der Waals surface area contributed by atoms with Crippen molar-refractivity contribution < 1.29 is 0 Å². The van der Waals surface area contributed by atoms with Crippen molar-refractivity contribution in [2.24, 2.45) is 14.1 Å². The third-order valence-corrected chi connectivity index (χ3v) is 3.67. The van der Waals surface area contributed by atoms with Gasteiger partial charge in [-0.25, -0.2) is 4.79 Å². The fraction of sp³-hybridized carbons (Fsp3) is 0.133. The van der Waals surface area contributed by atoms with Gasteiger partial charge in [-0.15, -0.1) is 0 Å². The number of aromatic amines is 1. The molecule has 8 nitrogen and oxygen atoms in total. The van der Waals surface area contributed by atoms with Gasteiger partial charge >= 0.3 is 5.69 Å². The van der Waals surface area contributed by atoms with Crippen molar-refractivity contribution in [1.82, 2.24) is 19.1 Å². The van der Waals surface area contributed by atoms with Crippen LogP contribution < -0.4 is 16.7 Å². The molecule has 3 aromatic heterocycles. The molecule has 0 atom stereocenters.